The van der Waals surface area contributed by atoms with Crippen molar-refractivity contribution in [1.82, 2.24) is 0 Å². The summed E-state index contributed by atoms with van der Waals surface area (Å²) in [6, 6.07) is 1.15. The molecule has 0 heterocycles. The van der Waals surface area contributed by atoms with E-state index in [2.05, 4.69) is 9.47 Å². The highest BCUT2D eigenvalue weighted by Gasteiger charge is 2.17. The number of esters is 1. The van der Waals surface area contributed by atoms with E-state index < -0.39 is 41.9 Å². The SMILES string of the molecule is COC(=O)Cc1c(F)cc(OC(F)F)cc1F. The smallest absolute Gasteiger partial charge is 0.387 e. The molecule has 1 aromatic rings. The molecule has 17 heavy (non-hydrogen) atoms. The van der Waals surface area contributed by atoms with Gasteiger partial charge < -0.3 is 9.47 Å². The van der Waals surface area contributed by atoms with Crippen LogP contribution in [0.3, 0.4) is 0 Å². The number of hydrogen-bond donors (Lipinski definition) is 0. The third-order valence-corrected chi connectivity index (χ3v) is 1.89. The average Bonchev–Trinajstić information content (AvgIpc) is 2.22. The van der Waals surface area contributed by atoms with Crippen molar-refractivity contribution in [2.24, 2.45) is 0 Å². The molecule has 94 valence electrons. The number of carbonyl (C=O) groups excluding carboxylic acids is 1. The van der Waals surface area contributed by atoms with Crippen LogP contribution in [0, 0.1) is 11.6 Å². The maximum absolute atomic E-state index is 13.3. The third kappa shape index (κ3) is 3.61. The fourth-order valence-corrected chi connectivity index (χ4v) is 1.14. The number of carbonyl (C=O) groups is 1. The van der Waals surface area contributed by atoms with E-state index in [9.17, 15) is 22.4 Å². The van der Waals surface area contributed by atoms with Crippen molar-refractivity contribution in [3.63, 3.8) is 0 Å². The lowest BCUT2D eigenvalue weighted by molar-refractivity contribution is -0.139. The lowest BCUT2D eigenvalue weighted by atomic mass is 10.1. The summed E-state index contributed by atoms with van der Waals surface area (Å²) < 4.78 is 58.3. The summed E-state index contributed by atoms with van der Waals surface area (Å²) in [5.41, 5.74) is -0.557. The summed E-state index contributed by atoms with van der Waals surface area (Å²) in [5, 5.41) is 0. The fourth-order valence-electron chi connectivity index (χ4n) is 1.14. The normalized spacial score (nSPS) is 10.5. The number of benzene rings is 1. The first-order valence-corrected chi connectivity index (χ1v) is 4.43. The van der Waals surface area contributed by atoms with Crippen LogP contribution in [0.15, 0.2) is 12.1 Å². The van der Waals surface area contributed by atoms with E-state index in [-0.39, 0.29) is 0 Å². The Morgan fingerprint density at radius 1 is 1.29 bits per heavy atom. The van der Waals surface area contributed by atoms with Crippen LogP contribution < -0.4 is 4.74 Å². The molecular weight excluding hydrogens is 244 g/mol. The Kier molecular flexibility index (Phi) is 4.30. The molecule has 0 aliphatic heterocycles. The topological polar surface area (TPSA) is 35.5 Å². The van der Waals surface area contributed by atoms with Crippen molar-refractivity contribution < 1.29 is 31.8 Å². The molecule has 0 aromatic heterocycles. The van der Waals surface area contributed by atoms with Gasteiger partial charge in [-0.15, -0.1) is 0 Å². The number of rotatable bonds is 4. The van der Waals surface area contributed by atoms with Crippen LogP contribution >= 0.6 is 0 Å². The van der Waals surface area contributed by atoms with Crippen LogP contribution in [0.2, 0.25) is 0 Å². The zero-order valence-electron chi connectivity index (χ0n) is 8.68. The molecule has 7 heteroatoms. The van der Waals surface area contributed by atoms with Crippen LogP contribution in [0.5, 0.6) is 5.75 Å². The quantitative estimate of drug-likeness (QED) is 0.609. The monoisotopic (exact) mass is 252 g/mol. The summed E-state index contributed by atoms with van der Waals surface area (Å²) in [7, 11) is 1.06. The molecule has 0 aliphatic rings. The van der Waals surface area contributed by atoms with E-state index in [0.29, 0.717) is 12.1 Å². The molecule has 0 bridgehead atoms. The predicted octanol–water partition coefficient (Wildman–Crippen LogP) is 2.28. The Labute approximate surface area is 93.9 Å². The third-order valence-electron chi connectivity index (χ3n) is 1.89. The highest BCUT2D eigenvalue weighted by atomic mass is 19.3. The Morgan fingerprint density at radius 2 is 1.82 bits per heavy atom. The molecule has 0 radical (unpaired) electrons. The molecule has 0 amide bonds. The molecule has 1 aromatic carbocycles. The standard InChI is InChI=1S/C10H8F4O3/c1-16-9(15)4-6-7(11)2-5(3-8(6)12)17-10(13)14/h2-3,10H,4H2,1H3. The minimum atomic E-state index is -3.18. The Bertz CT molecular complexity index is 397. The second-order valence-electron chi connectivity index (χ2n) is 3.00. The lowest BCUT2D eigenvalue weighted by Crippen LogP contribution is -2.09. The molecule has 0 atom stereocenters. The van der Waals surface area contributed by atoms with E-state index in [1.54, 1.807) is 0 Å². The molecule has 3 nitrogen and oxygen atoms in total. The molecular formula is C10H8F4O3. The summed E-state index contributed by atoms with van der Waals surface area (Å²) in [6.45, 7) is -3.18. The predicted molar refractivity (Wildman–Crippen MR) is 48.7 cm³/mol. The van der Waals surface area contributed by atoms with Gasteiger partial charge in [-0.25, -0.2) is 8.78 Å². The van der Waals surface area contributed by atoms with Gasteiger partial charge in [0.15, 0.2) is 0 Å². The van der Waals surface area contributed by atoms with Crippen LogP contribution in [0.1, 0.15) is 5.56 Å². The minimum Gasteiger partial charge on any atom is -0.469 e. The maximum Gasteiger partial charge on any atom is 0.387 e. The molecule has 0 fully saturated rings. The lowest BCUT2D eigenvalue weighted by Gasteiger charge is -2.08. The van der Waals surface area contributed by atoms with Gasteiger partial charge >= 0.3 is 12.6 Å². The molecule has 0 aliphatic carbocycles. The van der Waals surface area contributed by atoms with Crippen molar-refractivity contribution in [2.75, 3.05) is 7.11 Å². The van der Waals surface area contributed by atoms with Crippen molar-refractivity contribution in [3.8, 4) is 5.75 Å². The van der Waals surface area contributed by atoms with Gasteiger partial charge in [0.1, 0.15) is 17.4 Å². The van der Waals surface area contributed by atoms with Crippen LogP contribution in [0.4, 0.5) is 17.6 Å². The molecule has 1 rings (SSSR count). The first-order chi connectivity index (χ1) is 7.93. The first kappa shape index (κ1) is 13.3. The van der Waals surface area contributed by atoms with Gasteiger partial charge in [0, 0.05) is 17.7 Å². The van der Waals surface area contributed by atoms with Gasteiger partial charge in [-0.2, -0.15) is 8.78 Å². The summed E-state index contributed by atoms with van der Waals surface area (Å²) >= 11 is 0. The first-order valence-electron chi connectivity index (χ1n) is 4.43. The van der Waals surface area contributed by atoms with Gasteiger partial charge in [-0.3, -0.25) is 4.79 Å². The number of halogens is 4. The number of methoxy groups -OCH3 is 1. The van der Waals surface area contributed by atoms with Gasteiger partial charge in [0.05, 0.1) is 13.5 Å². The van der Waals surface area contributed by atoms with E-state index in [1.165, 1.54) is 0 Å². The zero-order chi connectivity index (χ0) is 13.0. The second kappa shape index (κ2) is 5.51. The highest BCUT2D eigenvalue weighted by Crippen LogP contribution is 2.22. The van der Waals surface area contributed by atoms with Gasteiger partial charge in [-0.1, -0.05) is 0 Å². The van der Waals surface area contributed by atoms with Crippen molar-refractivity contribution in [1.29, 1.82) is 0 Å². The average molecular weight is 252 g/mol. The van der Waals surface area contributed by atoms with Gasteiger partial charge in [0.25, 0.3) is 0 Å². The Morgan fingerprint density at radius 3 is 2.24 bits per heavy atom. The number of hydrogen-bond acceptors (Lipinski definition) is 3. The Hall–Kier alpha value is -1.79. The summed E-state index contributed by atoms with van der Waals surface area (Å²) in [4.78, 5) is 10.8. The Balaban J connectivity index is 2.98. The number of ether oxygens (including phenoxy) is 2. The largest absolute Gasteiger partial charge is 0.469 e. The molecule has 0 unspecified atom stereocenters. The maximum atomic E-state index is 13.3. The van der Waals surface area contributed by atoms with Crippen molar-refractivity contribution in [2.45, 2.75) is 13.0 Å². The van der Waals surface area contributed by atoms with Crippen LogP contribution in [-0.4, -0.2) is 19.7 Å². The van der Waals surface area contributed by atoms with Crippen molar-refractivity contribution >= 4 is 5.97 Å². The van der Waals surface area contributed by atoms with E-state index in [4.69, 9.17) is 0 Å². The minimum absolute atomic E-state index is 0.557. The van der Waals surface area contributed by atoms with E-state index in [0.717, 1.165) is 7.11 Å². The van der Waals surface area contributed by atoms with E-state index in [1.807, 2.05) is 0 Å². The summed E-state index contributed by atoms with van der Waals surface area (Å²) in [5.74, 6) is -3.79. The fraction of sp³-hybridized carbons (Fsp3) is 0.300. The second-order valence-corrected chi connectivity index (χ2v) is 3.00. The number of alkyl halides is 2. The van der Waals surface area contributed by atoms with Crippen LogP contribution in [-0.2, 0) is 16.0 Å². The molecule has 0 saturated heterocycles. The molecule has 0 spiro atoms. The van der Waals surface area contributed by atoms with Crippen molar-refractivity contribution in [3.05, 3.63) is 29.3 Å². The highest BCUT2D eigenvalue weighted by molar-refractivity contribution is 5.72. The zero-order valence-corrected chi connectivity index (χ0v) is 8.68. The molecule has 0 N–H and O–H groups in total. The van der Waals surface area contributed by atoms with Gasteiger partial charge in [0.2, 0.25) is 0 Å². The van der Waals surface area contributed by atoms with E-state index >= 15 is 0 Å². The van der Waals surface area contributed by atoms with Crippen LogP contribution in [0.25, 0.3) is 0 Å². The van der Waals surface area contributed by atoms with Gasteiger partial charge in [-0.05, 0) is 0 Å². The summed E-state index contributed by atoms with van der Waals surface area (Å²) in [6.07, 6.45) is -0.622. The molecule has 0 saturated carbocycles.